The smallest absolute Gasteiger partial charge is 0.416 e. The van der Waals surface area contributed by atoms with Crippen LogP contribution < -0.4 is 10.5 Å². The molecule has 2 nitrogen and oxygen atoms in total. The predicted octanol–water partition coefficient (Wildman–Crippen LogP) is 3.50. The molecule has 1 aromatic rings. The number of hydrogen-bond donors (Lipinski definition) is 1. The minimum atomic E-state index is -4.40. The van der Waals surface area contributed by atoms with Gasteiger partial charge < -0.3 is 10.5 Å². The largest absolute Gasteiger partial charge is 0.491 e. The van der Waals surface area contributed by atoms with Gasteiger partial charge in [-0.25, -0.2) is 0 Å². The SMILES string of the molecule is CC(C)Oc1cc(N)cc(C(F)(F)F)c1.Cl. The van der Waals surface area contributed by atoms with Gasteiger partial charge in [-0.2, -0.15) is 13.2 Å². The van der Waals surface area contributed by atoms with Crippen molar-refractivity contribution < 1.29 is 17.9 Å². The van der Waals surface area contributed by atoms with E-state index >= 15 is 0 Å². The van der Waals surface area contributed by atoms with Crippen LogP contribution in [0.5, 0.6) is 5.75 Å². The summed E-state index contributed by atoms with van der Waals surface area (Å²) in [6.45, 7) is 3.47. The summed E-state index contributed by atoms with van der Waals surface area (Å²) >= 11 is 0. The van der Waals surface area contributed by atoms with Crippen LogP contribution in [-0.2, 0) is 6.18 Å². The summed E-state index contributed by atoms with van der Waals surface area (Å²) in [4.78, 5) is 0. The van der Waals surface area contributed by atoms with Crippen molar-refractivity contribution in [2.45, 2.75) is 26.1 Å². The van der Waals surface area contributed by atoms with Crippen molar-refractivity contribution in [3.63, 3.8) is 0 Å². The van der Waals surface area contributed by atoms with Gasteiger partial charge >= 0.3 is 6.18 Å². The van der Waals surface area contributed by atoms with E-state index in [1.54, 1.807) is 13.8 Å². The Morgan fingerprint density at radius 1 is 1.19 bits per heavy atom. The Balaban J connectivity index is 0.00000225. The average Bonchev–Trinajstić information content (AvgIpc) is 1.99. The van der Waals surface area contributed by atoms with Gasteiger partial charge in [-0.15, -0.1) is 12.4 Å². The lowest BCUT2D eigenvalue weighted by atomic mass is 10.2. The number of alkyl halides is 3. The van der Waals surface area contributed by atoms with Gasteiger partial charge in [0.25, 0.3) is 0 Å². The molecule has 0 unspecified atom stereocenters. The summed E-state index contributed by atoms with van der Waals surface area (Å²) in [6, 6.07) is 3.19. The van der Waals surface area contributed by atoms with Gasteiger partial charge in [0.15, 0.2) is 0 Å². The zero-order valence-electron chi connectivity index (χ0n) is 8.84. The molecule has 1 rings (SSSR count). The number of ether oxygens (including phenoxy) is 1. The summed E-state index contributed by atoms with van der Waals surface area (Å²) in [7, 11) is 0. The van der Waals surface area contributed by atoms with Crippen LogP contribution in [0, 0.1) is 0 Å². The zero-order valence-corrected chi connectivity index (χ0v) is 9.65. The molecule has 0 fully saturated rings. The van der Waals surface area contributed by atoms with Crippen LogP contribution in [0.1, 0.15) is 19.4 Å². The minimum Gasteiger partial charge on any atom is -0.491 e. The van der Waals surface area contributed by atoms with Crippen molar-refractivity contribution in [1.82, 2.24) is 0 Å². The fourth-order valence-electron chi connectivity index (χ4n) is 1.13. The Hall–Kier alpha value is -1.10. The van der Waals surface area contributed by atoms with Crippen molar-refractivity contribution >= 4 is 18.1 Å². The van der Waals surface area contributed by atoms with Crippen LogP contribution in [0.15, 0.2) is 18.2 Å². The van der Waals surface area contributed by atoms with Gasteiger partial charge in [0.1, 0.15) is 5.75 Å². The van der Waals surface area contributed by atoms with E-state index in [2.05, 4.69) is 0 Å². The molecule has 0 amide bonds. The molecule has 0 radical (unpaired) electrons. The van der Waals surface area contributed by atoms with Gasteiger partial charge in [0.2, 0.25) is 0 Å². The molecule has 92 valence electrons. The number of anilines is 1. The Morgan fingerprint density at radius 2 is 1.75 bits per heavy atom. The molecule has 0 aliphatic carbocycles. The number of benzene rings is 1. The maximum absolute atomic E-state index is 12.4. The monoisotopic (exact) mass is 255 g/mol. The van der Waals surface area contributed by atoms with E-state index in [1.807, 2.05) is 0 Å². The lowest BCUT2D eigenvalue weighted by Gasteiger charge is -2.13. The second-order valence-electron chi connectivity index (χ2n) is 3.46. The van der Waals surface area contributed by atoms with Crippen molar-refractivity contribution in [2.24, 2.45) is 0 Å². The Kier molecular flexibility index (Phi) is 4.93. The summed E-state index contributed by atoms with van der Waals surface area (Å²) < 4.78 is 42.3. The molecule has 1 aromatic carbocycles. The molecule has 0 saturated heterocycles. The van der Waals surface area contributed by atoms with E-state index in [-0.39, 0.29) is 29.9 Å². The number of nitrogen functional groups attached to an aromatic ring is 1. The van der Waals surface area contributed by atoms with Crippen LogP contribution in [-0.4, -0.2) is 6.10 Å². The highest BCUT2D eigenvalue weighted by Gasteiger charge is 2.31. The summed E-state index contributed by atoms with van der Waals surface area (Å²) in [5.74, 6) is 0.136. The van der Waals surface area contributed by atoms with Gasteiger partial charge in [-0.3, -0.25) is 0 Å². The first-order chi connectivity index (χ1) is 6.79. The Bertz CT molecular complexity index is 352. The molecular weight excluding hydrogens is 243 g/mol. The lowest BCUT2D eigenvalue weighted by Crippen LogP contribution is -2.09. The van der Waals surface area contributed by atoms with Crippen LogP contribution in [0.4, 0.5) is 18.9 Å². The zero-order chi connectivity index (χ0) is 11.6. The molecule has 16 heavy (non-hydrogen) atoms. The normalized spacial score (nSPS) is 11.1. The third kappa shape index (κ3) is 4.18. The third-order valence-electron chi connectivity index (χ3n) is 1.63. The average molecular weight is 256 g/mol. The molecule has 0 aliphatic rings. The standard InChI is InChI=1S/C10H12F3NO.ClH/c1-6(2)15-9-4-7(10(11,12)13)3-8(14)5-9;/h3-6H,14H2,1-2H3;1H. The van der Waals surface area contributed by atoms with E-state index in [1.165, 1.54) is 6.07 Å². The van der Waals surface area contributed by atoms with Crippen molar-refractivity contribution in [1.29, 1.82) is 0 Å². The van der Waals surface area contributed by atoms with E-state index in [0.29, 0.717) is 0 Å². The molecule has 0 aliphatic heterocycles. The van der Waals surface area contributed by atoms with Crippen molar-refractivity contribution in [3.05, 3.63) is 23.8 Å². The second kappa shape index (κ2) is 5.30. The van der Waals surface area contributed by atoms with Crippen LogP contribution in [0.2, 0.25) is 0 Å². The molecule has 2 N–H and O–H groups in total. The molecule has 6 heteroatoms. The van der Waals surface area contributed by atoms with Gasteiger partial charge in [-0.1, -0.05) is 0 Å². The van der Waals surface area contributed by atoms with Crippen LogP contribution >= 0.6 is 12.4 Å². The Morgan fingerprint density at radius 3 is 2.19 bits per heavy atom. The highest BCUT2D eigenvalue weighted by atomic mass is 35.5. The van der Waals surface area contributed by atoms with Gasteiger partial charge in [0.05, 0.1) is 11.7 Å². The summed E-state index contributed by atoms with van der Waals surface area (Å²) in [5.41, 5.74) is 4.60. The van der Waals surface area contributed by atoms with E-state index < -0.39 is 11.7 Å². The van der Waals surface area contributed by atoms with Crippen LogP contribution in [0.25, 0.3) is 0 Å². The first-order valence-corrected chi connectivity index (χ1v) is 4.43. The summed E-state index contributed by atoms with van der Waals surface area (Å²) in [6.07, 6.45) is -4.59. The van der Waals surface area contributed by atoms with Crippen LogP contribution in [0.3, 0.4) is 0 Å². The number of rotatable bonds is 2. The molecule has 0 saturated carbocycles. The highest BCUT2D eigenvalue weighted by Crippen LogP contribution is 2.33. The second-order valence-corrected chi connectivity index (χ2v) is 3.46. The summed E-state index contributed by atoms with van der Waals surface area (Å²) in [5, 5.41) is 0. The van der Waals surface area contributed by atoms with Crippen molar-refractivity contribution in [3.8, 4) is 5.75 Å². The third-order valence-corrected chi connectivity index (χ3v) is 1.63. The number of halogens is 4. The topological polar surface area (TPSA) is 35.2 Å². The first-order valence-electron chi connectivity index (χ1n) is 4.43. The van der Waals surface area contributed by atoms with Gasteiger partial charge in [-0.05, 0) is 26.0 Å². The fourth-order valence-corrected chi connectivity index (χ4v) is 1.13. The van der Waals surface area contributed by atoms with Gasteiger partial charge in [0, 0.05) is 11.8 Å². The quantitative estimate of drug-likeness (QED) is 0.821. The fraction of sp³-hybridized carbons (Fsp3) is 0.400. The maximum Gasteiger partial charge on any atom is 0.416 e. The molecular formula is C10H13ClF3NO. The lowest BCUT2D eigenvalue weighted by molar-refractivity contribution is -0.137. The molecule has 0 bridgehead atoms. The van der Waals surface area contributed by atoms with E-state index in [0.717, 1.165) is 12.1 Å². The molecule has 0 atom stereocenters. The number of nitrogens with two attached hydrogens (primary N) is 1. The van der Waals surface area contributed by atoms with E-state index in [9.17, 15) is 13.2 Å². The molecule has 0 aromatic heterocycles. The Labute approximate surface area is 98.0 Å². The highest BCUT2D eigenvalue weighted by molar-refractivity contribution is 5.85. The first kappa shape index (κ1) is 14.9. The maximum atomic E-state index is 12.4. The van der Waals surface area contributed by atoms with E-state index in [4.69, 9.17) is 10.5 Å². The molecule has 0 heterocycles. The number of hydrogen-bond acceptors (Lipinski definition) is 2. The predicted molar refractivity (Wildman–Crippen MR) is 58.9 cm³/mol. The van der Waals surface area contributed by atoms with Crippen molar-refractivity contribution in [2.75, 3.05) is 5.73 Å². The minimum absolute atomic E-state index is 0. The molecule has 0 spiro atoms.